The lowest BCUT2D eigenvalue weighted by Gasteiger charge is -2.40. The summed E-state index contributed by atoms with van der Waals surface area (Å²) >= 11 is 3.75. The molecule has 2 N–H and O–H groups in total. The molecule has 0 radical (unpaired) electrons. The van der Waals surface area contributed by atoms with Crippen molar-refractivity contribution in [2.75, 3.05) is 26.2 Å². The molecule has 26 heavy (non-hydrogen) atoms. The van der Waals surface area contributed by atoms with E-state index in [1.807, 2.05) is 0 Å². The van der Waals surface area contributed by atoms with E-state index in [2.05, 4.69) is 64.7 Å². The molecule has 0 amide bonds. The van der Waals surface area contributed by atoms with Crippen LogP contribution in [0.3, 0.4) is 0 Å². The van der Waals surface area contributed by atoms with E-state index < -0.39 is 0 Å². The zero-order valence-electron chi connectivity index (χ0n) is 16.5. The predicted octanol–water partition coefficient (Wildman–Crippen LogP) is 4.01. The number of nitrogens with zero attached hydrogens (tertiary/aromatic N) is 2. The molecule has 2 aliphatic heterocycles. The van der Waals surface area contributed by atoms with Gasteiger partial charge in [-0.3, -0.25) is 9.80 Å². The quantitative estimate of drug-likeness (QED) is 0.793. The van der Waals surface area contributed by atoms with Crippen molar-refractivity contribution < 1.29 is 4.74 Å². The van der Waals surface area contributed by atoms with Gasteiger partial charge in [-0.2, -0.15) is 0 Å². The maximum absolute atomic E-state index is 6.27. The third-order valence-electron chi connectivity index (χ3n) is 5.74. The fourth-order valence-corrected chi connectivity index (χ4v) is 4.40. The van der Waals surface area contributed by atoms with E-state index in [-0.39, 0.29) is 5.54 Å². The molecular weight excluding hydrogens is 390 g/mol. The first-order chi connectivity index (χ1) is 12.3. The molecular formula is C21H34BrN3O. The second-order valence-corrected chi connectivity index (χ2v) is 9.70. The third-order valence-corrected chi connectivity index (χ3v) is 6.48. The number of halogens is 1. The minimum absolute atomic E-state index is 0.258. The molecule has 0 bridgehead atoms. The number of hydrogen-bond acceptors (Lipinski definition) is 4. The van der Waals surface area contributed by atoms with Gasteiger partial charge in [0.15, 0.2) is 0 Å². The monoisotopic (exact) mass is 423 g/mol. The van der Waals surface area contributed by atoms with Gasteiger partial charge < -0.3 is 10.5 Å². The summed E-state index contributed by atoms with van der Waals surface area (Å²) in [5.41, 5.74) is 7.59. The lowest BCUT2D eigenvalue weighted by atomic mass is 9.99. The third kappa shape index (κ3) is 5.44. The highest BCUT2D eigenvalue weighted by Crippen LogP contribution is 2.28. The van der Waals surface area contributed by atoms with E-state index in [1.54, 1.807) is 0 Å². The number of likely N-dealkylation sites (tertiary alicyclic amines) is 2. The first-order valence-electron chi connectivity index (χ1n) is 9.99. The summed E-state index contributed by atoms with van der Waals surface area (Å²) < 4.78 is 7.42. The topological polar surface area (TPSA) is 41.7 Å². The average Bonchev–Trinajstić information content (AvgIpc) is 2.59. The number of benzene rings is 1. The molecule has 0 aliphatic carbocycles. The highest BCUT2D eigenvalue weighted by Gasteiger charge is 2.27. The van der Waals surface area contributed by atoms with Crippen LogP contribution in [0.2, 0.25) is 0 Å². The van der Waals surface area contributed by atoms with Crippen LogP contribution in [0.4, 0.5) is 0 Å². The largest absolute Gasteiger partial charge is 0.490 e. The van der Waals surface area contributed by atoms with E-state index in [4.69, 9.17) is 10.5 Å². The summed E-state index contributed by atoms with van der Waals surface area (Å²) in [5.74, 6) is 0.982. The number of piperidine rings is 2. The minimum atomic E-state index is 0.258. The van der Waals surface area contributed by atoms with Gasteiger partial charge in [0, 0.05) is 35.7 Å². The molecule has 146 valence electrons. The Kier molecular flexibility index (Phi) is 6.65. The molecule has 1 aromatic carbocycles. The molecule has 0 saturated carbocycles. The van der Waals surface area contributed by atoms with Crippen molar-refractivity contribution in [1.82, 2.24) is 9.80 Å². The summed E-state index contributed by atoms with van der Waals surface area (Å²) in [4.78, 5) is 5.04. The molecule has 2 fully saturated rings. The fraction of sp³-hybridized carbons (Fsp3) is 0.714. The molecule has 3 rings (SSSR count). The maximum Gasteiger partial charge on any atom is 0.120 e. The molecule has 5 heteroatoms. The summed E-state index contributed by atoms with van der Waals surface area (Å²) in [7, 11) is 0. The van der Waals surface area contributed by atoms with Gasteiger partial charge in [0.05, 0.1) is 0 Å². The Hall–Kier alpha value is -0.620. The normalized spacial score (nSPS) is 21.9. The molecule has 0 unspecified atom stereocenters. The standard InChI is InChI=1S/C21H34BrN3O/c1-21(2,3)25-12-8-18(9-13-25)26-19-5-4-16(20(22)14-19)15-24-10-6-17(23)7-11-24/h4-5,14,17-18H,6-13,15,23H2,1-3H3. The highest BCUT2D eigenvalue weighted by molar-refractivity contribution is 9.10. The number of rotatable bonds is 4. The van der Waals surface area contributed by atoms with Crippen LogP contribution in [0.25, 0.3) is 0 Å². The van der Waals surface area contributed by atoms with Gasteiger partial charge in [0.1, 0.15) is 11.9 Å². The second kappa shape index (κ2) is 8.59. The number of ether oxygens (including phenoxy) is 1. The van der Waals surface area contributed by atoms with E-state index >= 15 is 0 Å². The van der Waals surface area contributed by atoms with Gasteiger partial charge in [0.2, 0.25) is 0 Å². The Balaban J connectivity index is 1.52. The van der Waals surface area contributed by atoms with E-state index in [0.717, 1.165) is 68.6 Å². The van der Waals surface area contributed by atoms with Crippen molar-refractivity contribution in [3.63, 3.8) is 0 Å². The molecule has 2 heterocycles. The van der Waals surface area contributed by atoms with E-state index in [0.29, 0.717) is 12.1 Å². The van der Waals surface area contributed by atoms with Crippen LogP contribution in [0.15, 0.2) is 22.7 Å². The molecule has 0 aromatic heterocycles. The van der Waals surface area contributed by atoms with Gasteiger partial charge in [-0.05, 0) is 77.2 Å². The smallest absolute Gasteiger partial charge is 0.120 e. The van der Waals surface area contributed by atoms with Crippen molar-refractivity contribution in [1.29, 1.82) is 0 Å². The van der Waals surface area contributed by atoms with Crippen molar-refractivity contribution in [2.45, 2.75) is 70.7 Å². The zero-order valence-corrected chi connectivity index (χ0v) is 18.1. The lowest BCUT2D eigenvalue weighted by Crippen LogP contribution is -2.48. The van der Waals surface area contributed by atoms with Crippen LogP contribution in [0.1, 0.15) is 52.0 Å². The van der Waals surface area contributed by atoms with Crippen LogP contribution in [0.5, 0.6) is 5.75 Å². The van der Waals surface area contributed by atoms with Crippen LogP contribution in [-0.4, -0.2) is 53.7 Å². The number of hydrogen-bond donors (Lipinski definition) is 1. The highest BCUT2D eigenvalue weighted by atomic mass is 79.9. The lowest BCUT2D eigenvalue weighted by molar-refractivity contribution is 0.0491. The Labute approximate surface area is 167 Å². The van der Waals surface area contributed by atoms with Crippen molar-refractivity contribution in [2.24, 2.45) is 5.73 Å². The minimum Gasteiger partial charge on any atom is -0.490 e. The zero-order chi connectivity index (χ0) is 18.7. The first-order valence-corrected chi connectivity index (χ1v) is 10.8. The molecule has 2 aliphatic rings. The summed E-state index contributed by atoms with van der Waals surface area (Å²) in [6.07, 6.45) is 4.74. The van der Waals surface area contributed by atoms with Gasteiger partial charge >= 0.3 is 0 Å². The Bertz CT molecular complexity index is 585. The van der Waals surface area contributed by atoms with Gasteiger partial charge in [0.25, 0.3) is 0 Å². The SMILES string of the molecule is CC(C)(C)N1CCC(Oc2ccc(CN3CCC(N)CC3)c(Br)c2)CC1. The van der Waals surface area contributed by atoms with Crippen molar-refractivity contribution >= 4 is 15.9 Å². The summed E-state index contributed by atoms with van der Waals surface area (Å²) in [5, 5.41) is 0. The summed E-state index contributed by atoms with van der Waals surface area (Å²) in [6, 6.07) is 6.86. The van der Waals surface area contributed by atoms with Gasteiger partial charge in [-0.15, -0.1) is 0 Å². The maximum atomic E-state index is 6.27. The Morgan fingerprint density at radius 1 is 1.08 bits per heavy atom. The average molecular weight is 424 g/mol. The Morgan fingerprint density at radius 2 is 1.73 bits per heavy atom. The fourth-order valence-electron chi connectivity index (χ4n) is 3.92. The van der Waals surface area contributed by atoms with E-state index in [9.17, 15) is 0 Å². The van der Waals surface area contributed by atoms with Crippen molar-refractivity contribution in [3.05, 3.63) is 28.2 Å². The van der Waals surface area contributed by atoms with Crippen LogP contribution in [0, 0.1) is 0 Å². The molecule has 4 nitrogen and oxygen atoms in total. The molecule has 0 atom stereocenters. The summed E-state index contributed by atoms with van der Waals surface area (Å²) in [6.45, 7) is 12.3. The van der Waals surface area contributed by atoms with Crippen LogP contribution in [-0.2, 0) is 6.54 Å². The van der Waals surface area contributed by atoms with Crippen LogP contribution >= 0.6 is 15.9 Å². The van der Waals surface area contributed by atoms with E-state index in [1.165, 1.54) is 5.56 Å². The second-order valence-electron chi connectivity index (χ2n) is 8.84. The molecule has 0 spiro atoms. The molecule has 1 aromatic rings. The Morgan fingerprint density at radius 3 is 2.31 bits per heavy atom. The van der Waals surface area contributed by atoms with Crippen molar-refractivity contribution in [3.8, 4) is 5.75 Å². The predicted molar refractivity (Wildman–Crippen MR) is 112 cm³/mol. The molecule has 2 saturated heterocycles. The number of nitrogens with two attached hydrogens (primary N) is 1. The van der Waals surface area contributed by atoms with Gasteiger partial charge in [-0.25, -0.2) is 0 Å². The van der Waals surface area contributed by atoms with Gasteiger partial charge in [-0.1, -0.05) is 22.0 Å². The first kappa shape index (κ1) is 20.1. The van der Waals surface area contributed by atoms with Crippen LogP contribution < -0.4 is 10.5 Å².